The molecule has 2 aliphatic heterocycles. The van der Waals surface area contributed by atoms with E-state index in [4.69, 9.17) is 10.5 Å². The molecule has 0 aromatic heterocycles. The normalized spacial score (nSPS) is 23.0. The van der Waals surface area contributed by atoms with Crippen LogP contribution >= 0.6 is 24.2 Å². The monoisotopic (exact) mass is 340 g/mol. The lowest BCUT2D eigenvalue weighted by Gasteiger charge is -2.46. The molecule has 0 bridgehead atoms. The van der Waals surface area contributed by atoms with Crippen molar-refractivity contribution in [2.45, 2.75) is 18.0 Å². The van der Waals surface area contributed by atoms with Crippen LogP contribution < -0.4 is 5.73 Å². The van der Waals surface area contributed by atoms with Gasteiger partial charge in [-0.1, -0.05) is 42.1 Å². The molecule has 1 fully saturated rings. The van der Waals surface area contributed by atoms with Crippen molar-refractivity contribution in [1.29, 1.82) is 0 Å². The Kier molecular flexibility index (Phi) is 4.90. The van der Waals surface area contributed by atoms with E-state index in [1.165, 1.54) is 4.90 Å². The Morgan fingerprint density at radius 3 is 2.64 bits per heavy atom. The Labute approximate surface area is 137 Å². The molecule has 2 atom stereocenters. The summed E-state index contributed by atoms with van der Waals surface area (Å²) in [7, 11) is 0. The summed E-state index contributed by atoms with van der Waals surface area (Å²) in [6.07, 6.45) is 1.12. The molecule has 6 nitrogen and oxygen atoms in total. The highest BCUT2D eigenvalue weighted by molar-refractivity contribution is 8.14. The zero-order valence-electron chi connectivity index (χ0n) is 11.3. The highest BCUT2D eigenvalue weighted by Crippen LogP contribution is 2.37. The predicted octanol–water partition coefficient (Wildman–Crippen LogP) is 0.804. The third kappa shape index (κ3) is 2.87. The second-order valence-electron chi connectivity index (χ2n) is 4.65. The second kappa shape index (κ2) is 6.51. The van der Waals surface area contributed by atoms with Crippen molar-refractivity contribution in [1.82, 2.24) is 4.90 Å². The van der Waals surface area contributed by atoms with Gasteiger partial charge in [0.15, 0.2) is 0 Å². The maximum atomic E-state index is 12.1. The van der Waals surface area contributed by atoms with Crippen molar-refractivity contribution in [3.63, 3.8) is 0 Å². The van der Waals surface area contributed by atoms with Crippen LogP contribution in [0.25, 0.3) is 0 Å². The number of halogens is 1. The number of nitrogens with two attached hydrogens (primary N) is 1. The first-order valence-electron chi connectivity index (χ1n) is 6.30. The zero-order chi connectivity index (χ0) is 15.0. The Balaban J connectivity index is 0.00000176. The predicted molar refractivity (Wildman–Crippen MR) is 82.8 cm³/mol. The number of esters is 1. The number of carbonyl (C=O) groups excluding carboxylic acids is 3. The van der Waals surface area contributed by atoms with E-state index < -0.39 is 17.4 Å². The molecule has 1 amide bonds. The largest absolute Gasteiger partial charge is 0.456 e. The van der Waals surface area contributed by atoms with Crippen LogP contribution in [0.4, 0.5) is 0 Å². The smallest absolute Gasteiger partial charge is 0.355 e. The number of amides is 1. The van der Waals surface area contributed by atoms with Gasteiger partial charge in [-0.2, -0.15) is 0 Å². The first-order valence-corrected chi connectivity index (χ1v) is 7.18. The van der Waals surface area contributed by atoms with Gasteiger partial charge < -0.3 is 10.5 Å². The highest BCUT2D eigenvalue weighted by atomic mass is 35.5. The average Bonchev–Trinajstić information content (AvgIpc) is 2.52. The highest BCUT2D eigenvalue weighted by Gasteiger charge is 2.52. The molecule has 1 aromatic carbocycles. The van der Waals surface area contributed by atoms with Gasteiger partial charge in [0, 0.05) is 6.08 Å². The summed E-state index contributed by atoms with van der Waals surface area (Å²) in [6, 6.07) is 8.41. The minimum absolute atomic E-state index is 0. The number of rotatable bonds is 3. The summed E-state index contributed by atoms with van der Waals surface area (Å²) < 4.78 is 5.15. The number of fused-ring (bicyclic) bond motifs is 1. The number of thioether (sulfide) groups is 1. The van der Waals surface area contributed by atoms with Crippen LogP contribution in [-0.4, -0.2) is 33.3 Å². The summed E-state index contributed by atoms with van der Waals surface area (Å²) >= 11 is 0.941. The fraction of sp³-hybridized carbons (Fsp3) is 0.214. The lowest BCUT2D eigenvalue weighted by atomic mass is 10.1. The molecule has 2 heterocycles. The van der Waals surface area contributed by atoms with Crippen LogP contribution in [0.3, 0.4) is 0 Å². The van der Waals surface area contributed by atoms with Gasteiger partial charge in [0.2, 0.25) is 11.0 Å². The summed E-state index contributed by atoms with van der Waals surface area (Å²) in [6.45, 7) is 0.0805. The third-order valence-electron chi connectivity index (χ3n) is 3.26. The number of hydrogen-bond acceptors (Lipinski definition) is 6. The van der Waals surface area contributed by atoms with E-state index in [2.05, 4.69) is 0 Å². The molecule has 3 rings (SSSR count). The number of carbonyl (C=O) groups is 3. The molecule has 1 aromatic rings. The van der Waals surface area contributed by atoms with Gasteiger partial charge in [0.1, 0.15) is 23.7 Å². The van der Waals surface area contributed by atoms with Crippen LogP contribution in [-0.2, 0) is 25.7 Å². The van der Waals surface area contributed by atoms with Crippen molar-refractivity contribution >= 4 is 41.2 Å². The lowest BCUT2D eigenvalue weighted by Crippen LogP contribution is -2.68. The lowest BCUT2D eigenvalue weighted by molar-refractivity contribution is -0.151. The Bertz CT molecular complexity index is 650. The van der Waals surface area contributed by atoms with Gasteiger partial charge in [-0.25, -0.2) is 4.79 Å². The van der Waals surface area contributed by atoms with Gasteiger partial charge in [0.25, 0.3) is 0 Å². The SMILES string of the molecule is Cl.N[C@@H]1C(=O)N2C(C(=O)OCc3ccccc3)=CC(=O)S[C@@H]12. The summed E-state index contributed by atoms with van der Waals surface area (Å²) in [5, 5.41) is -0.805. The molecular weight excluding hydrogens is 328 g/mol. The Morgan fingerprint density at radius 2 is 1.95 bits per heavy atom. The molecule has 2 N–H and O–H groups in total. The molecule has 0 radical (unpaired) electrons. The van der Waals surface area contributed by atoms with E-state index in [1.54, 1.807) is 0 Å². The van der Waals surface area contributed by atoms with E-state index in [9.17, 15) is 14.4 Å². The number of β-lactam (4-membered cyclic amide) rings is 1. The Hall–Kier alpha value is -1.83. The van der Waals surface area contributed by atoms with Crippen LogP contribution in [0, 0.1) is 0 Å². The number of nitrogens with zero attached hydrogens (tertiary/aromatic N) is 1. The molecule has 22 heavy (non-hydrogen) atoms. The summed E-state index contributed by atoms with van der Waals surface area (Å²) in [5.41, 5.74) is 6.41. The minimum Gasteiger partial charge on any atom is -0.456 e. The quantitative estimate of drug-likeness (QED) is 0.646. The average molecular weight is 341 g/mol. The molecular formula is C14H13ClN2O4S. The van der Waals surface area contributed by atoms with Gasteiger partial charge in [-0.3, -0.25) is 14.5 Å². The van der Waals surface area contributed by atoms with Crippen LogP contribution in [0.5, 0.6) is 0 Å². The van der Waals surface area contributed by atoms with E-state index in [0.29, 0.717) is 0 Å². The Morgan fingerprint density at radius 1 is 1.27 bits per heavy atom. The van der Waals surface area contributed by atoms with Crippen LogP contribution in [0.2, 0.25) is 0 Å². The van der Waals surface area contributed by atoms with Crippen molar-refractivity contribution in [2.75, 3.05) is 0 Å². The molecule has 0 spiro atoms. The van der Waals surface area contributed by atoms with Crippen LogP contribution in [0.15, 0.2) is 42.1 Å². The van der Waals surface area contributed by atoms with Crippen molar-refractivity contribution in [3.8, 4) is 0 Å². The summed E-state index contributed by atoms with van der Waals surface area (Å²) in [4.78, 5) is 36.6. The zero-order valence-corrected chi connectivity index (χ0v) is 12.9. The fourth-order valence-corrected chi connectivity index (χ4v) is 3.16. The van der Waals surface area contributed by atoms with Crippen molar-refractivity contribution < 1.29 is 19.1 Å². The van der Waals surface area contributed by atoms with E-state index in [1.807, 2.05) is 30.3 Å². The van der Waals surface area contributed by atoms with E-state index >= 15 is 0 Å². The molecule has 2 aliphatic rings. The molecule has 0 saturated carbocycles. The van der Waals surface area contributed by atoms with Gasteiger partial charge in [-0.15, -0.1) is 12.4 Å². The minimum atomic E-state index is -0.746. The molecule has 0 aliphatic carbocycles. The number of benzene rings is 1. The van der Waals surface area contributed by atoms with Gasteiger partial charge in [-0.05, 0) is 5.56 Å². The molecule has 1 saturated heterocycles. The number of ether oxygens (including phenoxy) is 1. The first kappa shape index (κ1) is 16.5. The van der Waals surface area contributed by atoms with Crippen molar-refractivity contribution in [2.24, 2.45) is 5.73 Å². The van der Waals surface area contributed by atoms with Crippen molar-refractivity contribution in [3.05, 3.63) is 47.7 Å². The summed E-state index contributed by atoms with van der Waals surface area (Å²) in [5.74, 6) is -1.07. The third-order valence-corrected chi connectivity index (χ3v) is 4.35. The molecule has 116 valence electrons. The van der Waals surface area contributed by atoms with Gasteiger partial charge >= 0.3 is 5.97 Å². The first-order chi connectivity index (χ1) is 10.1. The standard InChI is InChI=1S/C14H12N2O4S.ClH/c15-11-12(18)16-9(6-10(17)21-13(11)16)14(19)20-7-8-4-2-1-3-5-8;/h1-6,11,13H,7,15H2;1H/t11-,13+;/m1./s1. The second-order valence-corrected chi connectivity index (χ2v) is 5.77. The maximum Gasteiger partial charge on any atom is 0.355 e. The van der Waals surface area contributed by atoms with E-state index in [0.717, 1.165) is 23.4 Å². The van der Waals surface area contributed by atoms with Crippen LogP contribution in [0.1, 0.15) is 5.56 Å². The maximum absolute atomic E-state index is 12.1. The fourth-order valence-electron chi connectivity index (χ4n) is 2.16. The molecule has 0 unspecified atom stereocenters. The topological polar surface area (TPSA) is 89.7 Å². The number of hydrogen-bond donors (Lipinski definition) is 1. The van der Waals surface area contributed by atoms with Gasteiger partial charge in [0.05, 0.1) is 0 Å². The van der Waals surface area contributed by atoms with E-state index in [-0.39, 0.29) is 35.7 Å². The molecule has 8 heteroatoms.